The van der Waals surface area contributed by atoms with Crippen molar-refractivity contribution in [2.45, 2.75) is 76.9 Å². The standard InChI is InChI=1S/C47H49N7O4/c1-28(2)42(52-47(57)58-3)46(56)54-24-8-12-40(54)44-48-36-21-18-33(27-38(36)50-44)31-15-13-30(14-16-31)32-17-20-35-34(26-32)19-22-37-43(35)51-45(49-37)39-11-7-23-53(39)41(55)25-29-9-5-4-6-10-29/h4-6,9-10,13-18,20-21,26-28,39-40,42H,7-8,11-12,19,22-25H2,1-3H3,(H,48,50)(H,49,51)(H,52,57)/t39-,40-,42-/m0/s1. The molecular weight excluding hydrogens is 727 g/mol. The largest absolute Gasteiger partial charge is 0.453 e. The Hall–Kier alpha value is -6.23. The fourth-order valence-electron chi connectivity index (χ4n) is 9.10. The molecule has 3 N–H and O–H groups in total. The summed E-state index contributed by atoms with van der Waals surface area (Å²) in [6, 6.07) is 30.7. The van der Waals surface area contributed by atoms with Crippen molar-refractivity contribution >= 4 is 28.9 Å². The predicted octanol–water partition coefficient (Wildman–Crippen LogP) is 8.34. The van der Waals surface area contributed by atoms with Gasteiger partial charge in [0.15, 0.2) is 0 Å². The molecule has 3 atom stereocenters. The number of carbonyl (C=O) groups excluding carboxylic acids is 3. The van der Waals surface area contributed by atoms with E-state index in [0.717, 1.165) is 101 Å². The highest BCUT2D eigenvalue weighted by molar-refractivity contribution is 5.87. The van der Waals surface area contributed by atoms with Gasteiger partial charge in [-0.3, -0.25) is 9.59 Å². The molecule has 0 bridgehead atoms. The number of aromatic nitrogens is 4. The van der Waals surface area contributed by atoms with Gasteiger partial charge in [0.2, 0.25) is 11.8 Å². The van der Waals surface area contributed by atoms with Gasteiger partial charge in [-0.05, 0) is 90.0 Å². The first-order valence-corrected chi connectivity index (χ1v) is 20.5. The highest BCUT2D eigenvalue weighted by Gasteiger charge is 2.38. The number of carbonyl (C=O) groups is 3. The molecule has 6 aromatic rings. The van der Waals surface area contributed by atoms with Crippen molar-refractivity contribution < 1.29 is 19.1 Å². The van der Waals surface area contributed by atoms with Crippen LogP contribution >= 0.6 is 0 Å². The van der Waals surface area contributed by atoms with Crippen LogP contribution in [0.15, 0.2) is 91.0 Å². The van der Waals surface area contributed by atoms with Gasteiger partial charge in [-0.1, -0.05) is 92.7 Å². The van der Waals surface area contributed by atoms with E-state index in [2.05, 4.69) is 69.9 Å². The number of nitrogens with zero attached hydrogens (tertiary/aromatic N) is 4. The number of aryl methyl sites for hydroxylation is 2. The van der Waals surface area contributed by atoms with Gasteiger partial charge in [0.25, 0.3) is 0 Å². The Labute approximate surface area is 338 Å². The molecule has 2 saturated heterocycles. The van der Waals surface area contributed by atoms with E-state index < -0.39 is 12.1 Å². The zero-order valence-electron chi connectivity index (χ0n) is 33.3. The van der Waals surface area contributed by atoms with Crippen LogP contribution in [0.5, 0.6) is 0 Å². The molecule has 296 valence electrons. The van der Waals surface area contributed by atoms with Crippen molar-refractivity contribution in [3.8, 4) is 33.5 Å². The van der Waals surface area contributed by atoms with Crippen molar-refractivity contribution in [1.29, 1.82) is 0 Å². The third-order valence-electron chi connectivity index (χ3n) is 12.2. The Morgan fingerprint density at radius 2 is 1.43 bits per heavy atom. The first-order chi connectivity index (χ1) is 28.2. The topological polar surface area (TPSA) is 136 Å². The van der Waals surface area contributed by atoms with Gasteiger partial charge in [0, 0.05) is 18.7 Å². The summed E-state index contributed by atoms with van der Waals surface area (Å²) in [6.07, 6.45) is 5.15. The Balaban J connectivity index is 0.897. The van der Waals surface area contributed by atoms with Gasteiger partial charge in [-0.25, -0.2) is 14.8 Å². The molecular formula is C47H49N7O4. The molecule has 3 aliphatic rings. The van der Waals surface area contributed by atoms with E-state index in [9.17, 15) is 14.4 Å². The van der Waals surface area contributed by atoms with E-state index in [0.29, 0.717) is 13.0 Å². The lowest BCUT2D eigenvalue weighted by atomic mass is 9.89. The van der Waals surface area contributed by atoms with Crippen molar-refractivity contribution in [3.05, 3.63) is 119 Å². The molecule has 11 heteroatoms. The number of benzene rings is 4. The van der Waals surface area contributed by atoms with E-state index in [1.54, 1.807) is 0 Å². The molecule has 4 heterocycles. The third kappa shape index (κ3) is 7.14. The molecule has 58 heavy (non-hydrogen) atoms. The number of hydrogen-bond acceptors (Lipinski definition) is 6. The van der Waals surface area contributed by atoms with Crippen LogP contribution in [0.2, 0.25) is 0 Å². The minimum atomic E-state index is -0.677. The number of imidazole rings is 2. The minimum absolute atomic E-state index is 0.0201. The van der Waals surface area contributed by atoms with Crippen molar-refractivity contribution in [3.63, 3.8) is 0 Å². The third-order valence-corrected chi connectivity index (χ3v) is 12.2. The number of alkyl carbamates (subject to hydrolysis) is 1. The Morgan fingerprint density at radius 3 is 2.16 bits per heavy atom. The van der Waals surface area contributed by atoms with E-state index in [4.69, 9.17) is 14.7 Å². The summed E-state index contributed by atoms with van der Waals surface area (Å²) in [5.74, 6) is 1.60. The average Bonchev–Trinajstić information content (AvgIpc) is 4.08. The second-order valence-corrected chi connectivity index (χ2v) is 16.2. The Bertz CT molecular complexity index is 2490. The number of likely N-dealkylation sites (tertiary alicyclic amines) is 2. The molecule has 4 aromatic carbocycles. The van der Waals surface area contributed by atoms with E-state index in [1.807, 2.05) is 60.0 Å². The molecule has 0 radical (unpaired) electrons. The minimum Gasteiger partial charge on any atom is -0.453 e. The quantitative estimate of drug-likeness (QED) is 0.135. The summed E-state index contributed by atoms with van der Waals surface area (Å²) in [5.41, 5.74) is 12.0. The first-order valence-electron chi connectivity index (χ1n) is 20.5. The lowest BCUT2D eigenvalue weighted by Gasteiger charge is -2.29. The number of fused-ring (bicyclic) bond motifs is 4. The summed E-state index contributed by atoms with van der Waals surface area (Å²) in [6.45, 7) is 5.21. The molecule has 0 spiro atoms. The van der Waals surface area contributed by atoms with Crippen LogP contribution in [0.1, 0.15) is 80.1 Å². The summed E-state index contributed by atoms with van der Waals surface area (Å²) in [5, 5.41) is 2.72. The van der Waals surface area contributed by atoms with E-state index in [1.165, 1.54) is 23.8 Å². The van der Waals surface area contributed by atoms with Crippen LogP contribution in [0.3, 0.4) is 0 Å². The predicted molar refractivity (Wildman–Crippen MR) is 224 cm³/mol. The number of methoxy groups -OCH3 is 1. The number of amides is 3. The molecule has 11 nitrogen and oxygen atoms in total. The second kappa shape index (κ2) is 15.6. The number of rotatable bonds is 9. The summed E-state index contributed by atoms with van der Waals surface area (Å²) < 4.78 is 4.78. The first kappa shape index (κ1) is 37.4. The lowest BCUT2D eigenvalue weighted by molar-refractivity contribution is -0.135. The van der Waals surface area contributed by atoms with Crippen LogP contribution in [0.4, 0.5) is 4.79 Å². The lowest BCUT2D eigenvalue weighted by Crippen LogP contribution is -2.51. The summed E-state index contributed by atoms with van der Waals surface area (Å²) in [4.78, 5) is 60.0. The fraction of sp³-hybridized carbons (Fsp3) is 0.340. The molecule has 2 aromatic heterocycles. The van der Waals surface area contributed by atoms with Gasteiger partial charge in [0.1, 0.15) is 17.7 Å². The van der Waals surface area contributed by atoms with Crippen LogP contribution < -0.4 is 5.32 Å². The highest BCUT2D eigenvalue weighted by Crippen LogP contribution is 2.39. The van der Waals surface area contributed by atoms with Gasteiger partial charge < -0.3 is 29.8 Å². The maximum absolute atomic E-state index is 13.6. The van der Waals surface area contributed by atoms with Gasteiger partial charge in [-0.2, -0.15) is 0 Å². The van der Waals surface area contributed by atoms with E-state index >= 15 is 0 Å². The molecule has 2 fully saturated rings. The second-order valence-electron chi connectivity index (χ2n) is 16.2. The van der Waals surface area contributed by atoms with Crippen LogP contribution in [-0.2, 0) is 33.6 Å². The summed E-state index contributed by atoms with van der Waals surface area (Å²) >= 11 is 0. The van der Waals surface area contributed by atoms with Crippen molar-refractivity contribution in [1.82, 2.24) is 35.1 Å². The zero-order valence-corrected chi connectivity index (χ0v) is 33.3. The number of H-pyrrole nitrogens is 2. The van der Waals surface area contributed by atoms with Crippen LogP contribution in [-0.4, -0.2) is 73.9 Å². The molecule has 2 aliphatic heterocycles. The fourth-order valence-corrected chi connectivity index (χ4v) is 9.10. The van der Waals surface area contributed by atoms with Gasteiger partial charge in [-0.15, -0.1) is 0 Å². The number of hydrogen-bond donors (Lipinski definition) is 3. The molecule has 0 unspecified atom stereocenters. The number of ether oxygens (including phenoxy) is 1. The van der Waals surface area contributed by atoms with Crippen molar-refractivity contribution in [2.24, 2.45) is 5.92 Å². The van der Waals surface area contributed by atoms with Gasteiger partial charge >= 0.3 is 6.09 Å². The van der Waals surface area contributed by atoms with E-state index in [-0.39, 0.29) is 29.8 Å². The molecule has 0 saturated carbocycles. The maximum atomic E-state index is 13.6. The summed E-state index contributed by atoms with van der Waals surface area (Å²) in [7, 11) is 1.30. The highest BCUT2D eigenvalue weighted by atomic mass is 16.5. The number of aromatic amines is 2. The monoisotopic (exact) mass is 775 g/mol. The normalized spacial score (nSPS) is 18.0. The average molecular weight is 776 g/mol. The molecule has 1 aliphatic carbocycles. The van der Waals surface area contributed by atoms with Crippen LogP contribution in [0.25, 0.3) is 44.5 Å². The Kier molecular flexibility index (Phi) is 10.1. The molecule has 3 amide bonds. The number of nitrogens with one attached hydrogen (secondary N) is 3. The SMILES string of the molecule is COC(=O)N[C@H](C(=O)N1CCC[C@H]1c1nc2ccc(-c3ccc(-c4ccc5c(c4)CCc4nc([C@@H]6CCCN6C(=O)Cc6ccccc6)[nH]c4-5)cc3)cc2[nH]1)C(C)C. The van der Waals surface area contributed by atoms with Gasteiger partial charge in [0.05, 0.1) is 48.0 Å². The zero-order chi connectivity index (χ0) is 39.9. The maximum Gasteiger partial charge on any atom is 0.407 e. The van der Waals surface area contributed by atoms with Crippen molar-refractivity contribution in [2.75, 3.05) is 20.2 Å². The molecule has 9 rings (SSSR count). The smallest absolute Gasteiger partial charge is 0.407 e. The van der Waals surface area contributed by atoms with Crippen LogP contribution in [0, 0.1) is 5.92 Å². The Morgan fingerprint density at radius 1 is 0.776 bits per heavy atom.